The summed E-state index contributed by atoms with van der Waals surface area (Å²) in [5.74, 6) is 1.10. The fourth-order valence-corrected chi connectivity index (χ4v) is 2.91. The van der Waals surface area contributed by atoms with Crippen LogP contribution in [0, 0.1) is 5.41 Å². The summed E-state index contributed by atoms with van der Waals surface area (Å²) in [4.78, 5) is 8.79. The first-order valence-electron chi connectivity index (χ1n) is 8.22. The van der Waals surface area contributed by atoms with Gasteiger partial charge in [-0.25, -0.2) is 9.98 Å². The Labute approximate surface area is 143 Å². The third kappa shape index (κ3) is 3.74. The number of ether oxygens (including phenoxy) is 1. The van der Waals surface area contributed by atoms with E-state index in [2.05, 4.69) is 41.3 Å². The standard InChI is InChI=1S/C19H24N4O/c1-19(2)15(22-18(20)23-17-10-6-7-11-21-17)12-16(19)24-13-14-8-4-3-5-9-14/h3-11,15-16H,12-13H2,1-2H3,(H3,20,21,22,23). The van der Waals surface area contributed by atoms with Gasteiger partial charge in [0.2, 0.25) is 0 Å². The van der Waals surface area contributed by atoms with Gasteiger partial charge in [0.15, 0.2) is 5.96 Å². The van der Waals surface area contributed by atoms with Crippen molar-refractivity contribution >= 4 is 11.8 Å². The number of hydrogen-bond acceptors (Lipinski definition) is 3. The molecular formula is C19H24N4O. The fraction of sp³-hybridized carbons (Fsp3) is 0.368. The monoisotopic (exact) mass is 324 g/mol. The summed E-state index contributed by atoms with van der Waals surface area (Å²) < 4.78 is 6.07. The topological polar surface area (TPSA) is 72.5 Å². The molecule has 1 aliphatic rings. The Morgan fingerprint density at radius 2 is 2.00 bits per heavy atom. The van der Waals surface area contributed by atoms with Crippen LogP contribution in [0.1, 0.15) is 25.8 Å². The van der Waals surface area contributed by atoms with E-state index in [4.69, 9.17) is 10.5 Å². The fourth-order valence-electron chi connectivity index (χ4n) is 2.91. The minimum atomic E-state index is -0.0365. The summed E-state index contributed by atoms with van der Waals surface area (Å²) in [6, 6.07) is 16.0. The SMILES string of the molecule is CC1(C)C(N=C(N)Nc2ccccn2)CC1OCc1ccccc1. The average Bonchev–Trinajstić information content (AvgIpc) is 2.59. The molecule has 2 aromatic rings. The lowest BCUT2D eigenvalue weighted by Crippen LogP contribution is -2.54. The minimum Gasteiger partial charge on any atom is -0.373 e. The molecule has 1 fully saturated rings. The van der Waals surface area contributed by atoms with Crippen LogP contribution in [0.15, 0.2) is 59.7 Å². The van der Waals surface area contributed by atoms with Gasteiger partial charge in [0.05, 0.1) is 18.8 Å². The van der Waals surface area contributed by atoms with Gasteiger partial charge in [-0.05, 0) is 24.1 Å². The molecular weight excluding hydrogens is 300 g/mol. The van der Waals surface area contributed by atoms with Gasteiger partial charge in [0.1, 0.15) is 5.82 Å². The van der Waals surface area contributed by atoms with Crippen LogP contribution in [0.3, 0.4) is 0 Å². The van der Waals surface area contributed by atoms with Gasteiger partial charge in [-0.1, -0.05) is 50.2 Å². The second-order valence-electron chi connectivity index (χ2n) is 6.71. The molecule has 0 spiro atoms. The van der Waals surface area contributed by atoms with E-state index < -0.39 is 0 Å². The van der Waals surface area contributed by atoms with Crippen molar-refractivity contribution in [1.82, 2.24) is 4.98 Å². The van der Waals surface area contributed by atoms with Crippen molar-refractivity contribution in [2.75, 3.05) is 5.32 Å². The predicted molar refractivity (Wildman–Crippen MR) is 96.7 cm³/mol. The largest absolute Gasteiger partial charge is 0.373 e. The Kier molecular flexibility index (Phi) is 4.81. The highest BCUT2D eigenvalue weighted by atomic mass is 16.5. The van der Waals surface area contributed by atoms with E-state index in [9.17, 15) is 0 Å². The van der Waals surface area contributed by atoms with E-state index >= 15 is 0 Å². The van der Waals surface area contributed by atoms with E-state index in [0.29, 0.717) is 18.4 Å². The highest BCUT2D eigenvalue weighted by Gasteiger charge is 2.49. The van der Waals surface area contributed by atoms with E-state index in [1.54, 1.807) is 6.20 Å². The van der Waals surface area contributed by atoms with Crippen LogP contribution in [-0.2, 0) is 11.3 Å². The van der Waals surface area contributed by atoms with Gasteiger partial charge in [-0.2, -0.15) is 0 Å². The third-order valence-corrected chi connectivity index (χ3v) is 4.64. The highest BCUT2D eigenvalue weighted by Crippen LogP contribution is 2.45. The van der Waals surface area contributed by atoms with Crippen molar-refractivity contribution in [3.63, 3.8) is 0 Å². The quantitative estimate of drug-likeness (QED) is 0.654. The lowest BCUT2D eigenvalue weighted by atomic mass is 9.65. The second kappa shape index (κ2) is 7.01. The molecule has 1 aromatic heterocycles. The summed E-state index contributed by atoms with van der Waals surface area (Å²) in [7, 11) is 0. The number of hydrogen-bond donors (Lipinski definition) is 2. The number of aromatic nitrogens is 1. The number of nitrogens with zero attached hydrogens (tertiary/aromatic N) is 2. The molecule has 0 amide bonds. The van der Waals surface area contributed by atoms with Gasteiger partial charge in [0, 0.05) is 11.6 Å². The number of benzene rings is 1. The number of nitrogens with two attached hydrogens (primary N) is 1. The number of nitrogens with one attached hydrogen (secondary N) is 1. The maximum absolute atomic E-state index is 6.07. The van der Waals surface area contributed by atoms with Crippen molar-refractivity contribution in [2.45, 2.75) is 39.0 Å². The molecule has 0 aliphatic heterocycles. The lowest BCUT2D eigenvalue weighted by Gasteiger charge is -2.49. The van der Waals surface area contributed by atoms with Crippen LogP contribution < -0.4 is 11.1 Å². The maximum Gasteiger partial charge on any atom is 0.194 e. The predicted octanol–water partition coefficient (Wildman–Crippen LogP) is 3.19. The van der Waals surface area contributed by atoms with Crippen molar-refractivity contribution in [2.24, 2.45) is 16.1 Å². The molecule has 3 N–H and O–H groups in total. The van der Waals surface area contributed by atoms with Crippen LogP contribution in [0.4, 0.5) is 5.82 Å². The van der Waals surface area contributed by atoms with Gasteiger partial charge in [-0.3, -0.25) is 0 Å². The summed E-state index contributed by atoms with van der Waals surface area (Å²) in [6.45, 7) is 4.98. The molecule has 0 bridgehead atoms. The Morgan fingerprint density at radius 1 is 1.25 bits per heavy atom. The summed E-state index contributed by atoms with van der Waals surface area (Å²) in [6.07, 6.45) is 2.79. The number of pyridine rings is 1. The smallest absolute Gasteiger partial charge is 0.194 e. The molecule has 0 saturated heterocycles. The van der Waals surface area contributed by atoms with Crippen LogP contribution in [-0.4, -0.2) is 23.1 Å². The second-order valence-corrected chi connectivity index (χ2v) is 6.71. The van der Waals surface area contributed by atoms with Crippen LogP contribution in [0.25, 0.3) is 0 Å². The molecule has 5 nitrogen and oxygen atoms in total. The summed E-state index contributed by atoms with van der Waals surface area (Å²) >= 11 is 0. The Morgan fingerprint density at radius 3 is 2.67 bits per heavy atom. The van der Waals surface area contributed by atoms with Crippen molar-refractivity contribution in [3.8, 4) is 0 Å². The maximum atomic E-state index is 6.07. The van der Waals surface area contributed by atoms with Gasteiger partial charge in [-0.15, -0.1) is 0 Å². The first-order valence-corrected chi connectivity index (χ1v) is 8.22. The van der Waals surface area contributed by atoms with Crippen molar-refractivity contribution < 1.29 is 4.74 Å². The number of aliphatic imine (C=N–C) groups is 1. The van der Waals surface area contributed by atoms with Crippen LogP contribution in [0.5, 0.6) is 0 Å². The van der Waals surface area contributed by atoms with Crippen LogP contribution >= 0.6 is 0 Å². The Bertz CT molecular complexity index is 685. The van der Waals surface area contributed by atoms with Crippen molar-refractivity contribution in [3.05, 3.63) is 60.3 Å². The average molecular weight is 324 g/mol. The van der Waals surface area contributed by atoms with E-state index in [1.165, 1.54) is 5.56 Å². The number of anilines is 1. The zero-order chi connectivity index (χ0) is 17.0. The summed E-state index contributed by atoms with van der Waals surface area (Å²) in [5, 5.41) is 3.03. The molecule has 1 saturated carbocycles. The van der Waals surface area contributed by atoms with Gasteiger partial charge >= 0.3 is 0 Å². The molecule has 1 aliphatic carbocycles. The lowest BCUT2D eigenvalue weighted by molar-refractivity contribution is -0.114. The van der Waals surface area contributed by atoms with Crippen LogP contribution in [0.2, 0.25) is 0 Å². The van der Waals surface area contributed by atoms with E-state index in [0.717, 1.165) is 6.42 Å². The third-order valence-electron chi connectivity index (χ3n) is 4.64. The van der Waals surface area contributed by atoms with E-state index in [-0.39, 0.29) is 17.6 Å². The normalized spacial score (nSPS) is 22.7. The number of guanidine groups is 1. The van der Waals surface area contributed by atoms with Gasteiger partial charge < -0.3 is 15.8 Å². The highest BCUT2D eigenvalue weighted by molar-refractivity contribution is 5.91. The molecule has 126 valence electrons. The zero-order valence-electron chi connectivity index (χ0n) is 14.1. The molecule has 2 unspecified atom stereocenters. The first kappa shape index (κ1) is 16.5. The molecule has 2 atom stereocenters. The molecule has 3 rings (SSSR count). The Balaban J connectivity index is 1.54. The van der Waals surface area contributed by atoms with E-state index in [1.807, 2.05) is 36.4 Å². The van der Waals surface area contributed by atoms with Gasteiger partial charge in [0.25, 0.3) is 0 Å². The van der Waals surface area contributed by atoms with Crippen molar-refractivity contribution in [1.29, 1.82) is 0 Å². The Hall–Kier alpha value is -2.40. The molecule has 1 heterocycles. The zero-order valence-corrected chi connectivity index (χ0v) is 14.1. The number of rotatable bonds is 5. The summed E-state index contributed by atoms with van der Waals surface area (Å²) in [5.41, 5.74) is 7.16. The first-order chi connectivity index (χ1) is 11.6. The molecule has 0 radical (unpaired) electrons. The molecule has 5 heteroatoms. The molecule has 1 aromatic carbocycles. The minimum absolute atomic E-state index is 0.0365. The molecule has 24 heavy (non-hydrogen) atoms.